The third-order valence-corrected chi connectivity index (χ3v) is 4.96. The van der Waals surface area contributed by atoms with Gasteiger partial charge in [-0.15, -0.1) is 0 Å². The van der Waals surface area contributed by atoms with E-state index in [9.17, 15) is 4.79 Å². The summed E-state index contributed by atoms with van der Waals surface area (Å²) in [5, 5.41) is 2.92. The van der Waals surface area contributed by atoms with Crippen molar-refractivity contribution in [2.24, 2.45) is 5.92 Å². The van der Waals surface area contributed by atoms with Crippen molar-refractivity contribution in [3.8, 4) is 0 Å². The van der Waals surface area contributed by atoms with E-state index in [0.29, 0.717) is 12.5 Å². The molecule has 0 radical (unpaired) electrons. The number of nitrogens with zero attached hydrogens (tertiary/aromatic N) is 3. The topological polar surface area (TPSA) is 76.6 Å². The van der Waals surface area contributed by atoms with Gasteiger partial charge in [-0.1, -0.05) is 0 Å². The maximum atomic E-state index is 12.4. The Kier molecular flexibility index (Phi) is 6.34. The highest BCUT2D eigenvalue weighted by molar-refractivity contribution is 5.81. The van der Waals surface area contributed by atoms with Gasteiger partial charge in [-0.3, -0.25) is 19.7 Å². The maximum absolute atomic E-state index is 12.4. The Morgan fingerprint density at radius 3 is 3.08 bits per heavy atom. The van der Waals surface area contributed by atoms with Crippen LogP contribution in [0.3, 0.4) is 0 Å². The van der Waals surface area contributed by atoms with Crippen molar-refractivity contribution in [1.29, 1.82) is 0 Å². The summed E-state index contributed by atoms with van der Waals surface area (Å²) in [4.78, 5) is 23.2. The molecule has 2 aliphatic rings. The molecule has 7 heteroatoms. The first kappa shape index (κ1) is 18.2. The van der Waals surface area contributed by atoms with E-state index in [2.05, 4.69) is 20.2 Å². The zero-order chi connectivity index (χ0) is 17.6. The van der Waals surface area contributed by atoms with E-state index in [1.54, 1.807) is 12.4 Å². The van der Waals surface area contributed by atoms with E-state index in [4.69, 9.17) is 9.47 Å². The first-order chi connectivity index (χ1) is 12.2. The number of aromatic nitrogens is 2. The molecule has 7 nitrogen and oxygen atoms in total. The molecule has 3 heterocycles. The molecule has 0 spiro atoms. The van der Waals surface area contributed by atoms with E-state index in [0.717, 1.165) is 57.1 Å². The van der Waals surface area contributed by atoms with Crippen molar-refractivity contribution in [1.82, 2.24) is 20.2 Å². The Balaban J connectivity index is 1.44. The lowest BCUT2D eigenvalue weighted by Gasteiger charge is -2.33. The minimum Gasteiger partial charge on any atom is -0.380 e. The van der Waals surface area contributed by atoms with Crippen LogP contribution in [-0.4, -0.2) is 65.8 Å². The molecule has 3 rings (SSSR count). The summed E-state index contributed by atoms with van der Waals surface area (Å²) in [6.07, 6.45) is 5.12. The first-order valence-corrected chi connectivity index (χ1v) is 9.16. The average Bonchev–Trinajstić information content (AvgIpc) is 3.05. The smallest absolute Gasteiger partial charge is 0.249 e. The van der Waals surface area contributed by atoms with Gasteiger partial charge in [0, 0.05) is 25.9 Å². The molecular formula is C18H28N4O3. The molecule has 2 fully saturated rings. The fraction of sp³-hybridized carbons (Fsp3) is 0.722. The summed E-state index contributed by atoms with van der Waals surface area (Å²) in [5.74, 6) is 0.441. The summed E-state index contributed by atoms with van der Waals surface area (Å²) in [7, 11) is 0. The molecule has 0 aromatic carbocycles. The van der Waals surface area contributed by atoms with Crippen LogP contribution in [0.2, 0.25) is 0 Å². The minimum atomic E-state index is -0.347. The fourth-order valence-corrected chi connectivity index (χ4v) is 3.51. The monoisotopic (exact) mass is 348 g/mol. The summed E-state index contributed by atoms with van der Waals surface area (Å²) in [5.41, 5.74) is 1.63. The van der Waals surface area contributed by atoms with Crippen LogP contribution in [0.15, 0.2) is 12.4 Å². The van der Waals surface area contributed by atoms with Gasteiger partial charge in [-0.05, 0) is 39.2 Å². The Hall–Kier alpha value is -1.57. The molecule has 1 N–H and O–H groups in total. The van der Waals surface area contributed by atoms with E-state index in [1.807, 2.05) is 13.8 Å². The number of amides is 1. The second-order valence-corrected chi connectivity index (χ2v) is 6.81. The van der Waals surface area contributed by atoms with Crippen molar-refractivity contribution in [2.75, 3.05) is 32.8 Å². The SMILES string of the molecule is CCOCCN1CC[C@@H]2C[C@@H](C(=O)NCc3cnc(C)cn3)O[C@H]2C1. The number of aryl methyl sites for hydroxylation is 1. The summed E-state index contributed by atoms with van der Waals surface area (Å²) < 4.78 is 11.5. The lowest BCUT2D eigenvalue weighted by molar-refractivity contribution is -0.133. The first-order valence-electron chi connectivity index (χ1n) is 9.16. The second kappa shape index (κ2) is 8.69. The third kappa shape index (κ3) is 4.96. The summed E-state index contributed by atoms with van der Waals surface area (Å²) in [6.45, 7) is 8.69. The molecular weight excluding hydrogens is 320 g/mol. The van der Waals surface area contributed by atoms with Crippen LogP contribution in [0.25, 0.3) is 0 Å². The number of likely N-dealkylation sites (tertiary alicyclic amines) is 1. The molecule has 138 valence electrons. The molecule has 2 saturated heterocycles. The molecule has 2 aliphatic heterocycles. The van der Waals surface area contributed by atoms with Crippen LogP contribution in [0.1, 0.15) is 31.2 Å². The number of hydrogen-bond donors (Lipinski definition) is 1. The van der Waals surface area contributed by atoms with E-state index < -0.39 is 0 Å². The third-order valence-electron chi connectivity index (χ3n) is 4.96. The number of nitrogens with one attached hydrogen (secondary N) is 1. The van der Waals surface area contributed by atoms with Crippen molar-refractivity contribution in [2.45, 2.75) is 45.4 Å². The molecule has 1 aromatic rings. The molecule has 3 atom stereocenters. The van der Waals surface area contributed by atoms with Gasteiger partial charge in [-0.2, -0.15) is 0 Å². The highest BCUT2D eigenvalue weighted by Crippen LogP contribution is 2.33. The van der Waals surface area contributed by atoms with Gasteiger partial charge in [0.25, 0.3) is 0 Å². The molecule has 25 heavy (non-hydrogen) atoms. The number of hydrogen-bond acceptors (Lipinski definition) is 6. The fourth-order valence-electron chi connectivity index (χ4n) is 3.51. The van der Waals surface area contributed by atoms with Gasteiger partial charge in [0.15, 0.2) is 0 Å². The standard InChI is InChI=1S/C18H28N4O3/c1-3-24-7-6-22-5-4-14-8-16(25-17(14)12-22)18(23)21-11-15-10-19-13(2)9-20-15/h9-10,14,16-17H,3-8,11-12H2,1-2H3,(H,21,23)/t14-,16+,17+/m1/s1. The zero-order valence-electron chi connectivity index (χ0n) is 15.1. The van der Waals surface area contributed by atoms with Crippen molar-refractivity contribution in [3.63, 3.8) is 0 Å². The van der Waals surface area contributed by atoms with E-state index >= 15 is 0 Å². The van der Waals surface area contributed by atoms with Crippen LogP contribution >= 0.6 is 0 Å². The maximum Gasteiger partial charge on any atom is 0.249 e. The summed E-state index contributed by atoms with van der Waals surface area (Å²) >= 11 is 0. The molecule has 0 unspecified atom stereocenters. The lowest BCUT2D eigenvalue weighted by atomic mass is 9.91. The molecule has 0 aliphatic carbocycles. The quantitative estimate of drug-likeness (QED) is 0.739. The number of carbonyl (C=O) groups is 1. The molecule has 1 amide bonds. The van der Waals surface area contributed by atoms with Gasteiger partial charge >= 0.3 is 0 Å². The Morgan fingerprint density at radius 2 is 2.32 bits per heavy atom. The Labute approximate surface area is 149 Å². The van der Waals surface area contributed by atoms with Gasteiger partial charge in [0.1, 0.15) is 6.10 Å². The van der Waals surface area contributed by atoms with Gasteiger partial charge in [-0.25, -0.2) is 0 Å². The number of carbonyl (C=O) groups excluding carboxylic acids is 1. The molecule has 1 aromatic heterocycles. The van der Waals surface area contributed by atoms with Crippen LogP contribution in [0.4, 0.5) is 0 Å². The lowest BCUT2D eigenvalue weighted by Crippen LogP contribution is -2.43. The number of piperidine rings is 1. The van der Waals surface area contributed by atoms with Gasteiger partial charge in [0.2, 0.25) is 5.91 Å². The normalized spacial score (nSPS) is 26.4. The van der Waals surface area contributed by atoms with Crippen molar-refractivity contribution < 1.29 is 14.3 Å². The van der Waals surface area contributed by atoms with Crippen LogP contribution < -0.4 is 5.32 Å². The predicted octanol–water partition coefficient (Wildman–Crippen LogP) is 0.917. The predicted molar refractivity (Wildman–Crippen MR) is 92.9 cm³/mol. The Morgan fingerprint density at radius 1 is 1.44 bits per heavy atom. The largest absolute Gasteiger partial charge is 0.380 e. The van der Waals surface area contributed by atoms with E-state index in [-0.39, 0.29) is 18.1 Å². The van der Waals surface area contributed by atoms with Crippen LogP contribution in [-0.2, 0) is 20.8 Å². The molecule has 0 saturated carbocycles. The summed E-state index contributed by atoms with van der Waals surface area (Å²) in [6, 6.07) is 0. The second-order valence-electron chi connectivity index (χ2n) is 6.81. The Bertz CT molecular complexity index is 566. The highest BCUT2D eigenvalue weighted by Gasteiger charge is 2.41. The average molecular weight is 348 g/mol. The van der Waals surface area contributed by atoms with Crippen molar-refractivity contribution >= 4 is 5.91 Å². The number of ether oxygens (including phenoxy) is 2. The highest BCUT2D eigenvalue weighted by atomic mass is 16.5. The van der Waals surface area contributed by atoms with Crippen molar-refractivity contribution in [3.05, 3.63) is 23.8 Å². The number of rotatable bonds is 7. The minimum absolute atomic E-state index is 0.0439. The van der Waals surface area contributed by atoms with Gasteiger partial charge < -0.3 is 14.8 Å². The number of fused-ring (bicyclic) bond motifs is 1. The molecule has 0 bridgehead atoms. The zero-order valence-corrected chi connectivity index (χ0v) is 15.1. The van der Waals surface area contributed by atoms with E-state index in [1.165, 1.54) is 0 Å². The van der Waals surface area contributed by atoms with Crippen LogP contribution in [0, 0.1) is 12.8 Å². The van der Waals surface area contributed by atoms with Gasteiger partial charge in [0.05, 0.1) is 36.8 Å². The van der Waals surface area contributed by atoms with Crippen LogP contribution in [0.5, 0.6) is 0 Å².